The summed E-state index contributed by atoms with van der Waals surface area (Å²) in [6, 6.07) is 15.2. The van der Waals surface area contributed by atoms with Gasteiger partial charge in [-0.2, -0.15) is 5.10 Å². The van der Waals surface area contributed by atoms with Crippen molar-refractivity contribution in [3.8, 4) is 11.3 Å². The van der Waals surface area contributed by atoms with Gasteiger partial charge in [-0.15, -0.1) is 0 Å². The van der Waals surface area contributed by atoms with Crippen LogP contribution >= 0.6 is 11.6 Å². The molecule has 1 unspecified atom stereocenters. The Morgan fingerprint density at radius 3 is 2.63 bits per heavy atom. The fourth-order valence-corrected chi connectivity index (χ4v) is 3.79. The van der Waals surface area contributed by atoms with Gasteiger partial charge in [-0.05, 0) is 30.7 Å². The molecule has 1 amide bonds. The van der Waals surface area contributed by atoms with Crippen molar-refractivity contribution in [1.82, 2.24) is 30.5 Å². The Labute approximate surface area is 176 Å². The van der Waals surface area contributed by atoms with Crippen molar-refractivity contribution in [2.75, 3.05) is 0 Å². The predicted molar refractivity (Wildman–Crippen MR) is 116 cm³/mol. The lowest BCUT2D eigenvalue weighted by molar-refractivity contribution is 0.0930. The van der Waals surface area contributed by atoms with E-state index in [1.165, 1.54) is 0 Å². The minimum absolute atomic E-state index is 0.153. The van der Waals surface area contributed by atoms with E-state index in [-0.39, 0.29) is 17.8 Å². The fourth-order valence-electron chi connectivity index (χ4n) is 3.51. The van der Waals surface area contributed by atoms with Crippen molar-refractivity contribution in [1.29, 1.82) is 0 Å². The highest BCUT2D eigenvalue weighted by Crippen LogP contribution is 2.35. The number of nitrogens with zero attached hydrogens (tertiary/aromatic N) is 3. The number of hydrogen-bond donors (Lipinski definition) is 3. The summed E-state index contributed by atoms with van der Waals surface area (Å²) in [7, 11) is 0. The highest BCUT2D eigenvalue weighted by Gasteiger charge is 2.20. The van der Waals surface area contributed by atoms with Crippen LogP contribution in [0.25, 0.3) is 33.2 Å². The number of rotatable bonds is 4. The molecule has 0 saturated carbocycles. The van der Waals surface area contributed by atoms with E-state index in [4.69, 9.17) is 11.6 Å². The largest absolute Gasteiger partial charge is 0.343 e. The smallest absolute Gasteiger partial charge is 0.287 e. The molecule has 30 heavy (non-hydrogen) atoms. The standard InChI is InChI=1S/C22H17ClN6O/c1-12(13-5-3-2-4-6-13)25-22(30)21-26-16-11-15-18(14-7-9-24-10-8-14)28-29-19(15)17(23)20(16)27-21/h2-12H,1H3,(H,25,30)(H,26,27)(H,28,29). The zero-order valence-corrected chi connectivity index (χ0v) is 16.7. The molecule has 8 heteroatoms. The molecule has 148 valence electrons. The molecule has 0 radical (unpaired) electrons. The third-order valence-corrected chi connectivity index (χ3v) is 5.45. The lowest BCUT2D eigenvalue weighted by atomic mass is 10.1. The molecule has 1 atom stereocenters. The topological polar surface area (TPSA) is 99.3 Å². The minimum Gasteiger partial charge on any atom is -0.343 e. The van der Waals surface area contributed by atoms with Gasteiger partial charge in [0.25, 0.3) is 5.91 Å². The molecule has 0 aliphatic carbocycles. The zero-order valence-electron chi connectivity index (χ0n) is 16.0. The van der Waals surface area contributed by atoms with Crippen LogP contribution in [0.15, 0.2) is 60.9 Å². The molecule has 0 bridgehead atoms. The Kier molecular flexibility index (Phi) is 4.44. The molecule has 5 aromatic rings. The van der Waals surface area contributed by atoms with Crippen LogP contribution in [-0.4, -0.2) is 31.1 Å². The van der Waals surface area contributed by atoms with Crippen LogP contribution in [0.5, 0.6) is 0 Å². The number of hydrogen-bond acceptors (Lipinski definition) is 4. The number of amides is 1. The van der Waals surface area contributed by atoms with E-state index < -0.39 is 0 Å². The van der Waals surface area contributed by atoms with Gasteiger partial charge in [0.2, 0.25) is 0 Å². The van der Waals surface area contributed by atoms with Gasteiger partial charge < -0.3 is 10.3 Å². The molecule has 0 aliphatic rings. The minimum atomic E-state index is -0.297. The summed E-state index contributed by atoms with van der Waals surface area (Å²) < 4.78 is 0. The molecule has 0 fully saturated rings. The quantitative estimate of drug-likeness (QED) is 0.397. The Morgan fingerprint density at radius 1 is 1.10 bits per heavy atom. The van der Waals surface area contributed by atoms with Gasteiger partial charge >= 0.3 is 0 Å². The molecule has 0 saturated heterocycles. The van der Waals surface area contributed by atoms with Crippen LogP contribution in [0.4, 0.5) is 0 Å². The number of pyridine rings is 1. The molecule has 0 spiro atoms. The second-order valence-corrected chi connectivity index (χ2v) is 7.38. The lowest BCUT2D eigenvalue weighted by Crippen LogP contribution is -2.27. The summed E-state index contributed by atoms with van der Waals surface area (Å²) in [4.78, 5) is 24.3. The van der Waals surface area contributed by atoms with E-state index in [2.05, 4.69) is 30.5 Å². The number of halogens is 1. The van der Waals surface area contributed by atoms with Gasteiger partial charge in [-0.3, -0.25) is 14.9 Å². The van der Waals surface area contributed by atoms with E-state index in [1.54, 1.807) is 12.4 Å². The van der Waals surface area contributed by atoms with E-state index in [0.29, 0.717) is 21.6 Å². The third kappa shape index (κ3) is 3.09. The van der Waals surface area contributed by atoms with Crippen LogP contribution in [-0.2, 0) is 0 Å². The zero-order chi connectivity index (χ0) is 20.7. The number of benzene rings is 2. The number of fused-ring (bicyclic) bond motifs is 2. The second kappa shape index (κ2) is 7.27. The molecule has 3 heterocycles. The van der Waals surface area contributed by atoms with Crippen LogP contribution in [0.1, 0.15) is 29.1 Å². The SMILES string of the molecule is CC(NC(=O)c1nc2cc3c(-c4ccncc4)n[nH]c3c(Cl)c2[nH]1)c1ccccc1. The molecule has 3 aromatic heterocycles. The highest BCUT2D eigenvalue weighted by molar-refractivity contribution is 6.40. The van der Waals surface area contributed by atoms with E-state index >= 15 is 0 Å². The third-order valence-electron chi connectivity index (χ3n) is 5.07. The molecule has 7 nitrogen and oxygen atoms in total. The summed E-state index contributed by atoms with van der Waals surface area (Å²) in [6.45, 7) is 1.93. The monoisotopic (exact) mass is 416 g/mol. The number of aromatic nitrogens is 5. The average Bonchev–Trinajstić information content (AvgIpc) is 3.40. The molecule has 3 N–H and O–H groups in total. The van der Waals surface area contributed by atoms with Gasteiger partial charge in [0.05, 0.1) is 27.6 Å². The maximum atomic E-state index is 12.8. The lowest BCUT2D eigenvalue weighted by Gasteiger charge is -2.12. The number of aromatic amines is 2. The first kappa shape index (κ1) is 18.3. The Bertz CT molecular complexity index is 1360. The summed E-state index contributed by atoms with van der Waals surface area (Å²) >= 11 is 6.61. The number of nitrogens with one attached hydrogen (secondary N) is 3. The first-order valence-corrected chi connectivity index (χ1v) is 9.82. The molecule has 5 rings (SSSR count). The number of carbonyl (C=O) groups excluding carboxylic acids is 1. The van der Waals surface area contributed by atoms with E-state index in [0.717, 1.165) is 22.2 Å². The van der Waals surface area contributed by atoms with Crippen molar-refractivity contribution < 1.29 is 4.79 Å². The van der Waals surface area contributed by atoms with Crippen molar-refractivity contribution >= 4 is 39.4 Å². The van der Waals surface area contributed by atoms with Crippen LogP contribution < -0.4 is 5.32 Å². The maximum absolute atomic E-state index is 12.8. The van der Waals surface area contributed by atoms with Crippen LogP contribution in [0.2, 0.25) is 5.02 Å². The summed E-state index contributed by atoms with van der Waals surface area (Å²) in [5.74, 6) is -0.0875. The maximum Gasteiger partial charge on any atom is 0.287 e. The highest BCUT2D eigenvalue weighted by atomic mass is 35.5. The van der Waals surface area contributed by atoms with Gasteiger partial charge in [0.1, 0.15) is 5.69 Å². The van der Waals surface area contributed by atoms with E-state index in [9.17, 15) is 4.79 Å². The van der Waals surface area contributed by atoms with Crippen LogP contribution in [0, 0.1) is 0 Å². The summed E-state index contributed by atoms with van der Waals surface area (Å²) in [5, 5.41) is 11.6. The Balaban J connectivity index is 1.52. The molecule has 0 aliphatic heterocycles. The summed E-state index contributed by atoms with van der Waals surface area (Å²) in [6.07, 6.45) is 3.42. The van der Waals surface area contributed by atoms with Gasteiger partial charge in [-0.25, -0.2) is 4.98 Å². The summed E-state index contributed by atoms with van der Waals surface area (Å²) in [5.41, 5.74) is 4.55. The average molecular weight is 417 g/mol. The fraction of sp³-hybridized carbons (Fsp3) is 0.0909. The Hall–Kier alpha value is -3.71. The van der Waals surface area contributed by atoms with Gasteiger partial charge in [0, 0.05) is 23.3 Å². The van der Waals surface area contributed by atoms with Crippen molar-refractivity contribution in [2.45, 2.75) is 13.0 Å². The van der Waals surface area contributed by atoms with Crippen molar-refractivity contribution in [3.63, 3.8) is 0 Å². The molecular formula is C22H17ClN6O. The Morgan fingerprint density at radius 2 is 1.87 bits per heavy atom. The van der Waals surface area contributed by atoms with Gasteiger partial charge in [0.15, 0.2) is 5.82 Å². The number of carbonyl (C=O) groups is 1. The first-order valence-electron chi connectivity index (χ1n) is 9.44. The molecular weight excluding hydrogens is 400 g/mol. The second-order valence-electron chi connectivity index (χ2n) is 7.01. The van der Waals surface area contributed by atoms with Crippen molar-refractivity contribution in [3.05, 3.63) is 77.3 Å². The van der Waals surface area contributed by atoms with Crippen LogP contribution in [0.3, 0.4) is 0 Å². The molecule has 2 aromatic carbocycles. The normalized spacial score (nSPS) is 12.3. The van der Waals surface area contributed by atoms with Crippen molar-refractivity contribution in [2.24, 2.45) is 0 Å². The number of H-pyrrole nitrogens is 2. The predicted octanol–water partition coefficient (Wildman–Crippen LogP) is 4.65. The van der Waals surface area contributed by atoms with Gasteiger partial charge in [-0.1, -0.05) is 41.9 Å². The first-order chi connectivity index (χ1) is 14.6. The van der Waals surface area contributed by atoms with E-state index in [1.807, 2.05) is 55.5 Å². The number of imidazole rings is 1.